The van der Waals surface area contributed by atoms with Crippen LogP contribution in [0.15, 0.2) is 30.5 Å². The van der Waals surface area contributed by atoms with Crippen molar-refractivity contribution in [3.05, 3.63) is 42.0 Å². The third-order valence-corrected chi connectivity index (χ3v) is 5.41. The summed E-state index contributed by atoms with van der Waals surface area (Å²) in [5.74, 6) is 0.604. The number of anilines is 1. The number of piperidine rings is 1. The molecule has 1 N–H and O–H groups in total. The average molecular weight is 368 g/mol. The van der Waals surface area contributed by atoms with Gasteiger partial charge in [0.15, 0.2) is 0 Å². The Balaban J connectivity index is 1.45. The molecule has 0 aliphatic carbocycles. The molecule has 134 valence electrons. The summed E-state index contributed by atoms with van der Waals surface area (Å²) >= 11 is 1.42. The molecule has 1 aliphatic rings. The predicted octanol–water partition coefficient (Wildman–Crippen LogP) is 2.58. The number of para-hydroxylation sites is 2. The number of fused-ring (bicyclic) bond motifs is 1. The zero-order valence-corrected chi connectivity index (χ0v) is 15.4. The van der Waals surface area contributed by atoms with Crippen LogP contribution in [0.5, 0.6) is 0 Å². The fraction of sp³-hybridized carbons (Fsp3) is 0.389. The van der Waals surface area contributed by atoms with Gasteiger partial charge in [0.2, 0.25) is 5.13 Å². The van der Waals surface area contributed by atoms with Gasteiger partial charge in [0.25, 0.3) is 5.91 Å². The highest BCUT2D eigenvalue weighted by Gasteiger charge is 2.25. The normalized spacial score (nSPS) is 17.4. The van der Waals surface area contributed by atoms with E-state index in [1.54, 1.807) is 0 Å². The van der Waals surface area contributed by atoms with Gasteiger partial charge in [0, 0.05) is 30.7 Å². The van der Waals surface area contributed by atoms with Crippen molar-refractivity contribution in [3.8, 4) is 0 Å². The molecule has 0 spiro atoms. The Bertz CT molecular complexity index is 927. The fourth-order valence-corrected chi connectivity index (χ4v) is 4.01. The van der Waals surface area contributed by atoms with Crippen LogP contribution in [0.2, 0.25) is 0 Å². The van der Waals surface area contributed by atoms with E-state index < -0.39 is 0 Å². The Kier molecular flexibility index (Phi) is 4.75. The van der Waals surface area contributed by atoms with Crippen molar-refractivity contribution < 1.29 is 4.79 Å². The van der Waals surface area contributed by atoms with Gasteiger partial charge >= 0.3 is 0 Å². The second kappa shape index (κ2) is 7.33. The lowest BCUT2D eigenvalue weighted by molar-refractivity contribution is 0.0944. The van der Waals surface area contributed by atoms with Crippen molar-refractivity contribution in [1.82, 2.24) is 24.6 Å². The van der Waals surface area contributed by atoms with Crippen LogP contribution < -0.4 is 10.2 Å². The van der Waals surface area contributed by atoms with Gasteiger partial charge in [-0.05, 0) is 38.3 Å². The topological polar surface area (TPSA) is 83.9 Å². The third kappa shape index (κ3) is 3.50. The zero-order chi connectivity index (χ0) is 17.9. The van der Waals surface area contributed by atoms with Crippen molar-refractivity contribution in [2.75, 3.05) is 18.0 Å². The standard InChI is InChI=1S/C18H20N6OS/c1-12-21-18(26-23-12)24-9-5-4-6-13(24)10-20-17(25)16-11-19-14-7-2-3-8-15(14)22-16/h2-3,7-8,11,13H,4-6,9-10H2,1H3,(H,20,25). The van der Waals surface area contributed by atoms with Crippen LogP contribution in [0.4, 0.5) is 5.13 Å². The van der Waals surface area contributed by atoms with E-state index >= 15 is 0 Å². The molecular weight excluding hydrogens is 348 g/mol. The van der Waals surface area contributed by atoms with Gasteiger partial charge in [-0.2, -0.15) is 4.37 Å². The molecule has 2 aromatic heterocycles. The van der Waals surface area contributed by atoms with Crippen molar-refractivity contribution in [3.63, 3.8) is 0 Å². The van der Waals surface area contributed by atoms with Crippen LogP contribution in [-0.2, 0) is 0 Å². The molecule has 0 bridgehead atoms. The number of hydrogen-bond donors (Lipinski definition) is 1. The Hall–Kier alpha value is -2.61. The Morgan fingerprint density at radius 1 is 1.27 bits per heavy atom. The Morgan fingerprint density at radius 2 is 2.12 bits per heavy atom. The van der Waals surface area contributed by atoms with Gasteiger partial charge in [-0.15, -0.1) is 0 Å². The first-order valence-corrected chi connectivity index (χ1v) is 9.55. The molecule has 1 atom stereocenters. The summed E-state index contributed by atoms with van der Waals surface area (Å²) in [5, 5.41) is 3.95. The monoisotopic (exact) mass is 368 g/mol. The fourth-order valence-electron chi connectivity index (χ4n) is 3.24. The van der Waals surface area contributed by atoms with E-state index in [1.807, 2.05) is 31.2 Å². The maximum absolute atomic E-state index is 12.5. The molecular formula is C18H20N6OS. The number of carbonyl (C=O) groups is 1. The quantitative estimate of drug-likeness (QED) is 0.762. The molecule has 0 saturated carbocycles. The maximum Gasteiger partial charge on any atom is 0.271 e. The van der Waals surface area contributed by atoms with Crippen LogP contribution in [0.1, 0.15) is 35.6 Å². The van der Waals surface area contributed by atoms with Crippen LogP contribution in [-0.4, -0.2) is 44.4 Å². The first-order valence-electron chi connectivity index (χ1n) is 8.77. The summed E-state index contributed by atoms with van der Waals surface area (Å²) in [7, 11) is 0. The van der Waals surface area contributed by atoms with Gasteiger partial charge in [0.1, 0.15) is 11.5 Å². The zero-order valence-electron chi connectivity index (χ0n) is 14.6. The summed E-state index contributed by atoms with van der Waals surface area (Å²) in [6.45, 7) is 3.41. The third-order valence-electron chi connectivity index (χ3n) is 4.57. The summed E-state index contributed by atoms with van der Waals surface area (Å²) in [5.41, 5.74) is 1.86. The molecule has 0 radical (unpaired) electrons. The number of benzene rings is 1. The summed E-state index contributed by atoms with van der Waals surface area (Å²) in [6.07, 6.45) is 4.86. The average Bonchev–Trinajstić information content (AvgIpc) is 3.12. The molecule has 1 aromatic carbocycles. The van der Waals surface area contributed by atoms with Crippen molar-refractivity contribution in [2.45, 2.75) is 32.2 Å². The van der Waals surface area contributed by atoms with Crippen LogP contribution in [0.3, 0.4) is 0 Å². The van der Waals surface area contributed by atoms with E-state index in [0.717, 1.165) is 47.8 Å². The van der Waals surface area contributed by atoms with Crippen LogP contribution in [0.25, 0.3) is 11.0 Å². The second-order valence-electron chi connectivity index (χ2n) is 6.42. The molecule has 1 saturated heterocycles. The highest BCUT2D eigenvalue weighted by Crippen LogP contribution is 2.26. The smallest absolute Gasteiger partial charge is 0.271 e. The number of rotatable bonds is 4. The highest BCUT2D eigenvalue weighted by molar-refractivity contribution is 7.09. The maximum atomic E-state index is 12.5. The number of nitrogens with zero attached hydrogens (tertiary/aromatic N) is 5. The van der Waals surface area contributed by atoms with Crippen molar-refractivity contribution in [1.29, 1.82) is 0 Å². The minimum Gasteiger partial charge on any atom is -0.349 e. The van der Waals surface area contributed by atoms with E-state index in [1.165, 1.54) is 17.7 Å². The molecule has 3 aromatic rings. The minimum absolute atomic E-state index is 0.192. The molecule has 1 aliphatic heterocycles. The van der Waals surface area contributed by atoms with Gasteiger partial charge in [0.05, 0.1) is 17.2 Å². The van der Waals surface area contributed by atoms with Crippen LogP contribution >= 0.6 is 11.5 Å². The Labute approximate surface area is 155 Å². The first-order chi connectivity index (χ1) is 12.7. The number of aromatic nitrogens is 4. The summed E-state index contributed by atoms with van der Waals surface area (Å²) in [4.78, 5) is 28.0. The SMILES string of the molecule is Cc1nsc(N2CCCCC2CNC(=O)c2cnc3ccccc3n2)n1. The molecule has 4 rings (SSSR count). The summed E-state index contributed by atoms with van der Waals surface area (Å²) < 4.78 is 4.28. The molecule has 3 heterocycles. The van der Waals surface area contributed by atoms with Gasteiger partial charge < -0.3 is 10.2 Å². The lowest BCUT2D eigenvalue weighted by Gasteiger charge is -2.35. The van der Waals surface area contributed by atoms with E-state index in [-0.39, 0.29) is 11.9 Å². The predicted molar refractivity (Wildman–Crippen MR) is 102 cm³/mol. The minimum atomic E-state index is -0.192. The number of nitrogens with one attached hydrogen (secondary N) is 1. The Morgan fingerprint density at radius 3 is 2.92 bits per heavy atom. The number of hydrogen-bond acceptors (Lipinski definition) is 7. The van der Waals surface area contributed by atoms with E-state index in [2.05, 4.69) is 29.5 Å². The van der Waals surface area contributed by atoms with Gasteiger partial charge in [-0.25, -0.2) is 9.97 Å². The van der Waals surface area contributed by atoms with E-state index in [9.17, 15) is 4.79 Å². The molecule has 1 fully saturated rings. The molecule has 7 nitrogen and oxygen atoms in total. The molecule has 26 heavy (non-hydrogen) atoms. The van der Waals surface area contributed by atoms with E-state index in [0.29, 0.717) is 12.2 Å². The van der Waals surface area contributed by atoms with Crippen LogP contribution in [0, 0.1) is 6.92 Å². The lowest BCUT2D eigenvalue weighted by atomic mass is 10.0. The lowest BCUT2D eigenvalue weighted by Crippen LogP contribution is -2.47. The molecule has 8 heteroatoms. The van der Waals surface area contributed by atoms with E-state index in [4.69, 9.17) is 0 Å². The first kappa shape index (κ1) is 16.8. The highest BCUT2D eigenvalue weighted by atomic mass is 32.1. The number of amides is 1. The molecule has 1 amide bonds. The van der Waals surface area contributed by atoms with Crippen molar-refractivity contribution >= 4 is 33.6 Å². The summed E-state index contributed by atoms with van der Waals surface area (Å²) in [6, 6.07) is 7.77. The molecule has 1 unspecified atom stereocenters. The van der Waals surface area contributed by atoms with Crippen molar-refractivity contribution in [2.24, 2.45) is 0 Å². The largest absolute Gasteiger partial charge is 0.349 e. The van der Waals surface area contributed by atoms with Gasteiger partial charge in [-0.3, -0.25) is 9.78 Å². The second-order valence-corrected chi connectivity index (χ2v) is 7.15. The number of carbonyl (C=O) groups excluding carboxylic acids is 1. The van der Waals surface area contributed by atoms with Gasteiger partial charge in [-0.1, -0.05) is 12.1 Å². The number of aryl methyl sites for hydroxylation is 1.